The molecule has 2 N–H and O–H groups in total. The van der Waals surface area contributed by atoms with Gasteiger partial charge in [0.05, 0.1) is 44.7 Å². The summed E-state index contributed by atoms with van der Waals surface area (Å²) in [5.74, 6) is -8.54. The van der Waals surface area contributed by atoms with E-state index in [4.69, 9.17) is 14.6 Å². The number of pyridine rings is 4. The summed E-state index contributed by atoms with van der Waals surface area (Å²) in [6.07, 6.45) is 1.09. The van der Waals surface area contributed by atoms with Crippen LogP contribution in [-0.4, -0.2) is 136 Å². The first-order valence-corrected chi connectivity index (χ1v) is 31.7. The van der Waals surface area contributed by atoms with Gasteiger partial charge in [-0.05, 0) is 132 Å². The van der Waals surface area contributed by atoms with Gasteiger partial charge in [-0.1, -0.05) is 39.5 Å². The van der Waals surface area contributed by atoms with Gasteiger partial charge in [-0.25, -0.2) is 77.4 Å². The molecule has 99 heavy (non-hydrogen) atoms. The minimum absolute atomic E-state index is 0.0180. The number of aliphatic carboxylic acids is 1. The highest BCUT2D eigenvalue weighted by molar-refractivity contribution is 5.95. The van der Waals surface area contributed by atoms with Gasteiger partial charge in [0, 0.05) is 81.5 Å². The lowest BCUT2D eigenvalue weighted by Crippen LogP contribution is -2.58. The Balaban J connectivity index is 0.000000199. The van der Waals surface area contributed by atoms with E-state index in [1.54, 1.807) is 44.4 Å². The zero-order chi connectivity index (χ0) is 71.9. The van der Waals surface area contributed by atoms with Crippen LogP contribution in [-0.2, 0) is 22.4 Å². The van der Waals surface area contributed by atoms with Crippen LogP contribution in [0.3, 0.4) is 0 Å². The Bertz CT molecular complexity index is 4780. The van der Waals surface area contributed by atoms with Crippen molar-refractivity contribution in [2.45, 2.75) is 143 Å². The Kier molecular flexibility index (Phi) is 20.8. The van der Waals surface area contributed by atoms with E-state index >= 15 is 35.1 Å². The number of aromatic nitrogens is 8. The number of carboxylic acids is 1. The first-order chi connectivity index (χ1) is 46.8. The lowest BCUT2D eigenvalue weighted by Gasteiger charge is -2.44. The lowest BCUT2D eigenvalue weighted by atomic mass is 9.99. The number of anilines is 2. The van der Waals surface area contributed by atoms with Gasteiger partial charge in [-0.15, -0.1) is 0 Å². The van der Waals surface area contributed by atoms with Gasteiger partial charge in [0.25, 0.3) is 17.8 Å². The number of carboxylic acid groups (broad SMARTS) is 1. The number of rotatable bonds is 4. The molecule has 29 heteroatoms. The van der Waals surface area contributed by atoms with E-state index in [9.17, 15) is 28.0 Å². The number of alkyl halides is 4. The van der Waals surface area contributed by atoms with Crippen molar-refractivity contribution in [1.29, 1.82) is 0 Å². The molecule has 8 aromatic rings. The van der Waals surface area contributed by atoms with Crippen LogP contribution in [0.25, 0.3) is 56.0 Å². The number of fused-ring (bicyclic) bond motifs is 10. The summed E-state index contributed by atoms with van der Waals surface area (Å²) in [5.41, 5.74) is -3.20. The van der Waals surface area contributed by atoms with Crippen molar-refractivity contribution in [2.24, 2.45) is 0 Å². The van der Waals surface area contributed by atoms with Crippen molar-refractivity contribution in [3.05, 3.63) is 139 Å². The van der Waals surface area contributed by atoms with E-state index in [1.807, 2.05) is 38.5 Å². The molecular formula is C70H68F10N12O7. The molecule has 0 radical (unpaired) electrons. The van der Waals surface area contributed by atoms with Crippen LogP contribution in [0.1, 0.15) is 116 Å². The highest BCUT2D eigenvalue weighted by atomic mass is 19.3. The van der Waals surface area contributed by atoms with Gasteiger partial charge in [-0.2, -0.15) is 9.97 Å². The summed E-state index contributed by atoms with van der Waals surface area (Å²) < 4.78 is 166. The maximum Gasteiger partial charge on any atom is 0.381 e. The lowest BCUT2D eigenvalue weighted by molar-refractivity contribution is -0.130. The van der Waals surface area contributed by atoms with E-state index < -0.39 is 130 Å². The smallest absolute Gasteiger partial charge is 0.381 e. The average molecular weight is 1380 g/mol. The van der Waals surface area contributed by atoms with Gasteiger partial charge in [0.1, 0.15) is 34.5 Å². The number of hydrogen-bond donors (Lipinski definition) is 2. The monoisotopic (exact) mass is 1380 g/mol. The predicted octanol–water partition coefficient (Wildman–Crippen LogP) is 11.4. The number of aryl methyl sites for hydroxylation is 2. The highest BCUT2D eigenvalue weighted by Crippen LogP contribution is 2.43. The van der Waals surface area contributed by atoms with E-state index in [-0.39, 0.29) is 107 Å². The maximum atomic E-state index is 16.3. The van der Waals surface area contributed by atoms with Crippen LogP contribution in [0, 0.1) is 58.6 Å². The van der Waals surface area contributed by atoms with Crippen molar-refractivity contribution < 1.29 is 68.1 Å². The van der Waals surface area contributed by atoms with Crippen molar-refractivity contribution in [3.8, 4) is 69.1 Å². The molecule has 4 atom stereocenters. The van der Waals surface area contributed by atoms with Gasteiger partial charge < -0.3 is 34.6 Å². The molecular weight excluding hydrogens is 1310 g/mol. The third kappa shape index (κ3) is 14.6. The second-order valence-corrected chi connectivity index (χ2v) is 25.1. The first-order valence-electron chi connectivity index (χ1n) is 31.7. The standard InChI is InChI=1S/C35H33F5N6O3.C31H31F5N6O2.C4H4O2/c1-6-7-26(47)44-15-20(5)45(16-19(44)4)32-22-14-24(37)30-27-25(9-8-23(36)28(27)38)49-17-35(39,40)12-10-21-11-13-41-29(18(2)3)31(21)46(33(22)42-30)34(48)43-32;1-15(2)25-27-18(8-10-37-25)7-9-31(35,36)14-44-22-6-5-20(32)24(34)23(22)26-21(33)11-19-28(40-30(43)42(27)29(19)39-26)41-13-16(3)38-12-17(41)4;1-2-3-4(5)6/h8-9,11,13-14,18-20H,10,12,15-17H2,1-5H3;5-6,8,10-11,15-17,38H,7,9,12-14H2,1-4H3;1H3,(H,5,6)/t19-,20+;16-,17+;/m11./s1. The van der Waals surface area contributed by atoms with Crippen molar-refractivity contribution >= 4 is 45.6 Å². The Hall–Kier alpha value is -10.2. The summed E-state index contributed by atoms with van der Waals surface area (Å²) in [6.45, 7) is 16.8. The molecule has 19 nitrogen and oxygen atoms in total. The first kappa shape index (κ1) is 71.6. The van der Waals surface area contributed by atoms with Crippen molar-refractivity contribution in [3.63, 3.8) is 0 Å². The fourth-order valence-corrected chi connectivity index (χ4v) is 12.4. The summed E-state index contributed by atoms with van der Waals surface area (Å²) in [4.78, 5) is 82.4. The average Bonchev–Trinajstić information content (AvgIpc) is 1.10. The fourth-order valence-electron chi connectivity index (χ4n) is 12.4. The van der Waals surface area contributed by atoms with Gasteiger partial charge in [-0.3, -0.25) is 14.8 Å². The van der Waals surface area contributed by atoms with Crippen molar-refractivity contribution in [2.75, 3.05) is 49.2 Å². The van der Waals surface area contributed by atoms with Crippen LogP contribution >= 0.6 is 0 Å². The quantitative estimate of drug-likeness (QED) is 0.124. The highest BCUT2D eigenvalue weighted by Gasteiger charge is 2.39. The molecule has 4 aliphatic heterocycles. The van der Waals surface area contributed by atoms with E-state index in [0.717, 1.165) is 33.4 Å². The molecule has 4 aliphatic rings. The second kappa shape index (κ2) is 28.7. The molecule has 0 saturated carbocycles. The van der Waals surface area contributed by atoms with Crippen LogP contribution in [0.15, 0.2) is 70.5 Å². The molecule has 2 aromatic carbocycles. The van der Waals surface area contributed by atoms with Crippen LogP contribution in [0.5, 0.6) is 11.5 Å². The normalized spacial score (nSPS) is 18.5. The summed E-state index contributed by atoms with van der Waals surface area (Å²) in [5, 5.41) is 11.3. The number of piperazine rings is 2. The molecule has 0 spiro atoms. The fraction of sp³-hybridized carbons (Fsp3) is 0.400. The number of nitrogens with zero attached hydrogens (tertiary/aromatic N) is 11. The molecule has 1 amide bonds. The van der Waals surface area contributed by atoms with E-state index in [1.165, 1.54) is 31.5 Å². The summed E-state index contributed by atoms with van der Waals surface area (Å²) >= 11 is 0. The van der Waals surface area contributed by atoms with Crippen LogP contribution in [0.2, 0.25) is 0 Å². The maximum absolute atomic E-state index is 16.3. The van der Waals surface area contributed by atoms with Gasteiger partial charge in [0.2, 0.25) is 0 Å². The largest absolute Gasteiger partial charge is 0.486 e. The third-order valence-electron chi connectivity index (χ3n) is 17.2. The minimum Gasteiger partial charge on any atom is -0.486 e. The number of benzene rings is 2. The topological polar surface area (TPSA) is 216 Å². The second-order valence-electron chi connectivity index (χ2n) is 25.1. The number of carbonyl (C=O) groups excluding carboxylic acids is 1. The van der Waals surface area contributed by atoms with E-state index in [2.05, 4.69) is 53.0 Å². The summed E-state index contributed by atoms with van der Waals surface area (Å²) in [7, 11) is 0. The molecule has 2 fully saturated rings. The minimum atomic E-state index is -3.46. The predicted molar refractivity (Wildman–Crippen MR) is 349 cm³/mol. The molecule has 0 aliphatic carbocycles. The number of hydrogen-bond acceptors (Lipinski definition) is 15. The third-order valence-corrected chi connectivity index (χ3v) is 17.2. The number of amides is 1. The van der Waals surface area contributed by atoms with E-state index in [0.29, 0.717) is 47.7 Å². The number of halogens is 10. The zero-order valence-electron chi connectivity index (χ0n) is 55.4. The molecule has 12 rings (SSSR count). The summed E-state index contributed by atoms with van der Waals surface area (Å²) in [6, 6.07) is 7.50. The Morgan fingerprint density at radius 1 is 0.596 bits per heavy atom. The Labute approximate surface area is 561 Å². The van der Waals surface area contributed by atoms with Crippen molar-refractivity contribution in [1.82, 2.24) is 49.3 Å². The number of ether oxygens (including phenoxy) is 2. The molecule has 0 unspecified atom stereocenters. The molecule has 520 valence electrons. The zero-order valence-corrected chi connectivity index (χ0v) is 55.4. The molecule has 10 heterocycles. The van der Waals surface area contributed by atoms with Gasteiger partial charge >= 0.3 is 17.3 Å². The number of nitrogens with one attached hydrogen (secondary N) is 1. The molecule has 6 aromatic heterocycles. The number of carbonyl (C=O) groups is 2. The SMILES string of the molecule is CC#CC(=O)N1C[C@H](C)N(c2nc(=O)n3c4nc(c(F)cc24)-c2c(ccc(F)c2F)OCC(F)(F)CCc2ccnc(C(C)C)c2-3)C[C@H]1C.CC#CC(=O)O.CC(C)c1nccc2c1-n1c(=O)nc(N3C[C@@H](C)NC[C@@H]3C)c3cc(F)c(nc31)-c1c(ccc(F)c1F)OCC(F)(F)CC2. The molecule has 2 saturated heterocycles. The molecule has 4 bridgehead atoms. The Morgan fingerprint density at radius 2 is 1.04 bits per heavy atom. The Morgan fingerprint density at radius 3 is 1.45 bits per heavy atom. The van der Waals surface area contributed by atoms with Crippen LogP contribution in [0.4, 0.5) is 55.5 Å². The van der Waals surface area contributed by atoms with Gasteiger partial charge in [0.15, 0.2) is 59.4 Å². The van der Waals surface area contributed by atoms with Crippen LogP contribution < -0.4 is 36.0 Å².